The van der Waals surface area contributed by atoms with Gasteiger partial charge in [0.15, 0.2) is 0 Å². The molecule has 3 aromatic rings. The minimum Gasteiger partial charge on any atom is -0.492 e. The topological polar surface area (TPSA) is 67.3 Å². The van der Waals surface area contributed by atoms with Gasteiger partial charge < -0.3 is 10.1 Å². The molecule has 1 aliphatic heterocycles. The number of pyridine rings is 2. The van der Waals surface area contributed by atoms with E-state index in [0.717, 1.165) is 22.3 Å². The third-order valence-electron chi connectivity index (χ3n) is 5.22. The number of ether oxygens (including phenoxy) is 1. The Bertz CT molecular complexity index is 1050. The predicted octanol–water partition coefficient (Wildman–Crippen LogP) is 3.99. The minimum atomic E-state index is -0.493. The third-order valence-corrected chi connectivity index (χ3v) is 5.22. The molecule has 6 heteroatoms. The highest BCUT2D eigenvalue weighted by atomic mass is 16.5. The van der Waals surface area contributed by atoms with Crippen molar-refractivity contribution in [3.05, 3.63) is 78.4 Å². The van der Waals surface area contributed by atoms with E-state index in [0.29, 0.717) is 25.4 Å². The van der Waals surface area contributed by atoms with Gasteiger partial charge >= 0.3 is 0 Å². The van der Waals surface area contributed by atoms with E-state index >= 15 is 0 Å². The average molecular weight is 417 g/mol. The molecule has 1 atom stereocenters. The number of carbonyl (C=O) groups excluding carboxylic acids is 1. The molecule has 0 saturated carbocycles. The highest BCUT2D eigenvalue weighted by Crippen LogP contribution is 2.34. The Kier molecular flexibility index (Phi) is 6.00. The number of carbonyl (C=O) groups is 1. The van der Waals surface area contributed by atoms with E-state index in [-0.39, 0.29) is 11.4 Å². The van der Waals surface area contributed by atoms with Crippen molar-refractivity contribution >= 4 is 5.91 Å². The summed E-state index contributed by atoms with van der Waals surface area (Å²) < 4.78 is 5.97. The van der Waals surface area contributed by atoms with Crippen LogP contribution >= 0.6 is 0 Å². The number of hydrogen-bond donors (Lipinski definition) is 1. The molecule has 160 valence electrons. The maximum absolute atomic E-state index is 13.4. The van der Waals surface area contributed by atoms with Crippen molar-refractivity contribution in [2.75, 3.05) is 13.2 Å². The van der Waals surface area contributed by atoms with Crippen molar-refractivity contribution in [3.8, 4) is 16.9 Å². The van der Waals surface area contributed by atoms with Gasteiger partial charge in [-0.1, -0.05) is 30.3 Å². The predicted molar refractivity (Wildman–Crippen MR) is 120 cm³/mol. The smallest absolute Gasteiger partial charge is 0.242 e. The van der Waals surface area contributed by atoms with Gasteiger partial charge in [0.25, 0.3) is 0 Å². The van der Waals surface area contributed by atoms with Gasteiger partial charge in [-0.05, 0) is 44.0 Å². The van der Waals surface area contributed by atoms with Gasteiger partial charge in [-0.3, -0.25) is 19.7 Å². The monoisotopic (exact) mass is 416 g/mol. The lowest BCUT2D eigenvalue weighted by Gasteiger charge is -2.32. The van der Waals surface area contributed by atoms with Crippen LogP contribution in [-0.2, 0) is 11.3 Å². The fraction of sp³-hybridized carbons (Fsp3) is 0.320. The van der Waals surface area contributed by atoms with Gasteiger partial charge in [0.2, 0.25) is 5.91 Å². The quantitative estimate of drug-likeness (QED) is 0.696. The molecule has 1 aliphatic rings. The number of fused-ring (bicyclic) bond motifs is 1. The van der Waals surface area contributed by atoms with Crippen LogP contribution in [0.5, 0.6) is 5.75 Å². The molecule has 0 bridgehead atoms. The molecule has 2 aromatic heterocycles. The Morgan fingerprint density at radius 1 is 1.10 bits per heavy atom. The zero-order valence-corrected chi connectivity index (χ0v) is 18.2. The van der Waals surface area contributed by atoms with Gasteiger partial charge in [0, 0.05) is 54.5 Å². The molecule has 0 spiro atoms. The Morgan fingerprint density at radius 2 is 1.90 bits per heavy atom. The zero-order chi connectivity index (χ0) is 21.8. The Morgan fingerprint density at radius 3 is 2.68 bits per heavy atom. The number of rotatable bonds is 4. The summed E-state index contributed by atoms with van der Waals surface area (Å²) >= 11 is 0. The normalized spacial score (nSPS) is 16.7. The SMILES string of the molecule is CC(C)(C)NC(=O)C1c2cnccc2OCCN1Cc1ccccc1-c1cccnc1. The number of hydrogen-bond acceptors (Lipinski definition) is 5. The van der Waals surface area contributed by atoms with Crippen molar-refractivity contribution in [3.63, 3.8) is 0 Å². The molecule has 0 aliphatic carbocycles. The molecule has 4 rings (SSSR count). The van der Waals surface area contributed by atoms with Gasteiger partial charge in [-0.25, -0.2) is 0 Å². The number of nitrogens with zero attached hydrogens (tertiary/aromatic N) is 3. The molecule has 1 amide bonds. The molecule has 6 nitrogen and oxygen atoms in total. The second-order valence-corrected chi connectivity index (χ2v) is 8.77. The van der Waals surface area contributed by atoms with E-state index in [4.69, 9.17) is 4.74 Å². The molecule has 0 fully saturated rings. The second-order valence-electron chi connectivity index (χ2n) is 8.77. The zero-order valence-electron chi connectivity index (χ0n) is 18.2. The van der Waals surface area contributed by atoms with Crippen LogP contribution in [-0.4, -0.2) is 39.5 Å². The lowest BCUT2D eigenvalue weighted by molar-refractivity contribution is -0.128. The fourth-order valence-corrected chi connectivity index (χ4v) is 3.93. The van der Waals surface area contributed by atoms with Crippen LogP contribution in [0.15, 0.2) is 67.3 Å². The molecule has 31 heavy (non-hydrogen) atoms. The van der Waals surface area contributed by atoms with E-state index in [1.54, 1.807) is 18.6 Å². The van der Waals surface area contributed by atoms with Crippen LogP contribution in [0.25, 0.3) is 11.1 Å². The maximum atomic E-state index is 13.4. The van der Waals surface area contributed by atoms with Gasteiger partial charge in [0.05, 0.1) is 0 Å². The van der Waals surface area contributed by atoms with Crippen molar-refractivity contribution in [2.45, 2.75) is 38.9 Å². The summed E-state index contributed by atoms with van der Waals surface area (Å²) in [5.41, 5.74) is 3.76. The maximum Gasteiger partial charge on any atom is 0.242 e. The first-order valence-corrected chi connectivity index (χ1v) is 10.5. The number of benzene rings is 1. The molecular formula is C25H28N4O2. The largest absolute Gasteiger partial charge is 0.492 e. The number of nitrogens with one attached hydrogen (secondary N) is 1. The van der Waals surface area contributed by atoms with Crippen molar-refractivity contribution in [1.82, 2.24) is 20.2 Å². The van der Waals surface area contributed by atoms with E-state index in [1.165, 1.54) is 0 Å². The van der Waals surface area contributed by atoms with Crippen molar-refractivity contribution < 1.29 is 9.53 Å². The molecule has 3 heterocycles. The van der Waals surface area contributed by atoms with E-state index in [1.807, 2.05) is 51.2 Å². The van der Waals surface area contributed by atoms with Crippen molar-refractivity contribution in [2.24, 2.45) is 0 Å². The van der Waals surface area contributed by atoms with Gasteiger partial charge in [-0.2, -0.15) is 0 Å². The summed E-state index contributed by atoms with van der Waals surface area (Å²) in [6, 6.07) is 13.6. The molecular weight excluding hydrogens is 388 g/mol. The summed E-state index contributed by atoms with van der Waals surface area (Å²) in [7, 11) is 0. The van der Waals surface area contributed by atoms with Crippen LogP contribution < -0.4 is 10.1 Å². The van der Waals surface area contributed by atoms with E-state index in [9.17, 15) is 4.79 Å². The van der Waals surface area contributed by atoms with Crippen molar-refractivity contribution in [1.29, 1.82) is 0 Å². The Balaban J connectivity index is 1.72. The summed E-state index contributed by atoms with van der Waals surface area (Å²) in [4.78, 5) is 24.2. The summed E-state index contributed by atoms with van der Waals surface area (Å²) in [5, 5.41) is 3.15. The molecule has 1 unspecified atom stereocenters. The Labute approximate surface area is 183 Å². The molecule has 0 radical (unpaired) electrons. The molecule has 1 aromatic carbocycles. The molecule has 0 saturated heterocycles. The third kappa shape index (κ3) is 4.91. The first kappa shape index (κ1) is 21.0. The second kappa shape index (κ2) is 8.86. The Hall–Kier alpha value is -3.25. The van der Waals surface area contributed by atoms with Gasteiger partial charge in [-0.15, -0.1) is 0 Å². The lowest BCUT2D eigenvalue weighted by Crippen LogP contribution is -2.47. The minimum absolute atomic E-state index is 0.0499. The first-order valence-electron chi connectivity index (χ1n) is 10.5. The molecule has 1 N–H and O–H groups in total. The number of amides is 1. The van der Waals surface area contributed by atoms with E-state index in [2.05, 4.69) is 38.4 Å². The van der Waals surface area contributed by atoms with Crippen LogP contribution in [0, 0.1) is 0 Å². The fourth-order valence-electron chi connectivity index (χ4n) is 3.93. The highest BCUT2D eigenvalue weighted by Gasteiger charge is 2.34. The van der Waals surface area contributed by atoms with Crippen LogP contribution in [0.4, 0.5) is 0 Å². The van der Waals surface area contributed by atoms with Crippen LogP contribution in [0.3, 0.4) is 0 Å². The summed E-state index contributed by atoms with van der Waals surface area (Å²) in [5.74, 6) is 0.665. The number of aromatic nitrogens is 2. The van der Waals surface area contributed by atoms with Crippen LogP contribution in [0.2, 0.25) is 0 Å². The highest BCUT2D eigenvalue weighted by molar-refractivity contribution is 5.84. The summed E-state index contributed by atoms with van der Waals surface area (Å²) in [6.07, 6.45) is 7.08. The average Bonchev–Trinajstić information content (AvgIpc) is 2.92. The standard InChI is InChI=1S/C25H28N4O2/c1-25(2,3)28-24(30)23-21-16-27-12-10-22(21)31-14-13-29(23)17-19-7-4-5-9-20(19)18-8-6-11-26-15-18/h4-12,15-16,23H,13-14,17H2,1-3H3,(H,28,30). The first-order chi connectivity index (χ1) is 14.9. The van der Waals surface area contributed by atoms with Gasteiger partial charge in [0.1, 0.15) is 18.4 Å². The lowest BCUT2D eigenvalue weighted by atomic mass is 9.98. The van der Waals surface area contributed by atoms with E-state index < -0.39 is 6.04 Å². The summed E-state index contributed by atoms with van der Waals surface area (Å²) in [6.45, 7) is 7.70. The van der Waals surface area contributed by atoms with Crippen LogP contribution in [0.1, 0.15) is 37.9 Å².